The molecule has 102 valence electrons. The molecule has 0 aromatic carbocycles. The fourth-order valence-electron chi connectivity index (χ4n) is 2.76. The van der Waals surface area contributed by atoms with Gasteiger partial charge in [0.25, 0.3) is 0 Å². The Kier molecular flexibility index (Phi) is 4.56. The molecular weight excluding hydrogens is 238 g/mol. The predicted molar refractivity (Wildman–Crippen MR) is 84.1 cm³/mol. The van der Waals surface area contributed by atoms with E-state index in [1.165, 1.54) is 18.4 Å². The SMILES string of the molecule is CC(C)(C)CC(C)(C)C1(C)C=CC=C(SN)C=C1. The Balaban J connectivity index is 3.01. The van der Waals surface area contributed by atoms with E-state index < -0.39 is 0 Å². The molecule has 0 amide bonds. The van der Waals surface area contributed by atoms with Crippen molar-refractivity contribution in [2.45, 2.75) is 48.0 Å². The molecule has 1 aliphatic carbocycles. The molecule has 0 aromatic rings. The van der Waals surface area contributed by atoms with Crippen LogP contribution in [-0.4, -0.2) is 0 Å². The van der Waals surface area contributed by atoms with Crippen LogP contribution < -0.4 is 5.14 Å². The van der Waals surface area contributed by atoms with Gasteiger partial charge in [-0.2, -0.15) is 0 Å². The Morgan fingerprint density at radius 3 is 2.28 bits per heavy atom. The molecular formula is C16H27NS. The van der Waals surface area contributed by atoms with E-state index in [-0.39, 0.29) is 10.8 Å². The minimum Gasteiger partial charge on any atom is -0.274 e. The molecule has 0 saturated heterocycles. The van der Waals surface area contributed by atoms with Gasteiger partial charge in [0.05, 0.1) is 0 Å². The number of hydrogen-bond donors (Lipinski definition) is 1. The predicted octanol–water partition coefficient (Wildman–Crippen LogP) is 5.07. The number of hydrogen-bond acceptors (Lipinski definition) is 2. The zero-order chi connectivity index (χ0) is 14.0. The van der Waals surface area contributed by atoms with Crippen molar-refractivity contribution in [2.75, 3.05) is 0 Å². The molecule has 0 radical (unpaired) electrons. The Morgan fingerprint density at radius 2 is 1.78 bits per heavy atom. The Morgan fingerprint density at radius 1 is 1.17 bits per heavy atom. The van der Waals surface area contributed by atoms with Gasteiger partial charge in [-0.1, -0.05) is 65.8 Å². The summed E-state index contributed by atoms with van der Waals surface area (Å²) < 4.78 is 0. The highest BCUT2D eigenvalue weighted by Gasteiger charge is 2.39. The monoisotopic (exact) mass is 265 g/mol. The van der Waals surface area contributed by atoms with E-state index in [2.05, 4.69) is 71.9 Å². The molecule has 2 N–H and O–H groups in total. The summed E-state index contributed by atoms with van der Waals surface area (Å²) in [5.74, 6) is 0. The van der Waals surface area contributed by atoms with Crippen molar-refractivity contribution in [3.05, 3.63) is 35.3 Å². The standard InChI is InChI=1S/C16H27NS/c1-14(2,3)12-15(4,5)16(6)10-7-8-13(18-17)9-11-16/h7-11H,12,17H2,1-6H3. The second-order valence-electron chi connectivity index (χ2n) is 7.28. The van der Waals surface area contributed by atoms with E-state index in [1.807, 2.05) is 0 Å². The summed E-state index contributed by atoms with van der Waals surface area (Å²) in [5, 5.41) is 5.64. The van der Waals surface area contributed by atoms with Gasteiger partial charge in [-0.3, -0.25) is 5.14 Å². The van der Waals surface area contributed by atoms with Crippen LogP contribution in [0.25, 0.3) is 0 Å². The minimum atomic E-state index is 0.0637. The largest absolute Gasteiger partial charge is 0.274 e. The summed E-state index contributed by atoms with van der Waals surface area (Å²) in [6, 6.07) is 0. The highest BCUT2D eigenvalue weighted by atomic mass is 32.2. The average molecular weight is 265 g/mol. The van der Waals surface area contributed by atoms with Crippen LogP contribution in [0.4, 0.5) is 0 Å². The highest BCUT2D eigenvalue weighted by Crippen LogP contribution is 2.49. The van der Waals surface area contributed by atoms with Gasteiger partial charge in [0.15, 0.2) is 0 Å². The van der Waals surface area contributed by atoms with Crippen molar-refractivity contribution in [3.8, 4) is 0 Å². The number of rotatable bonds is 3. The normalized spacial score (nSPS) is 24.9. The van der Waals surface area contributed by atoms with Crippen LogP contribution >= 0.6 is 11.9 Å². The van der Waals surface area contributed by atoms with Crippen molar-refractivity contribution in [3.63, 3.8) is 0 Å². The molecule has 0 fully saturated rings. The number of allylic oxidation sites excluding steroid dienone is 5. The van der Waals surface area contributed by atoms with E-state index >= 15 is 0 Å². The lowest BCUT2D eigenvalue weighted by Gasteiger charge is -2.44. The first kappa shape index (κ1) is 15.6. The van der Waals surface area contributed by atoms with E-state index in [0.717, 1.165) is 4.91 Å². The quantitative estimate of drug-likeness (QED) is 0.721. The first-order chi connectivity index (χ1) is 8.10. The molecule has 2 heteroatoms. The van der Waals surface area contributed by atoms with Gasteiger partial charge in [-0.15, -0.1) is 0 Å². The summed E-state index contributed by atoms with van der Waals surface area (Å²) in [6.45, 7) is 13.9. The summed E-state index contributed by atoms with van der Waals surface area (Å²) in [5.41, 5.74) is 0.606. The van der Waals surface area contributed by atoms with Crippen molar-refractivity contribution < 1.29 is 0 Å². The van der Waals surface area contributed by atoms with Crippen LogP contribution in [0.1, 0.15) is 48.0 Å². The molecule has 0 aliphatic heterocycles. The Labute approximate surface area is 117 Å². The lowest BCUT2D eigenvalue weighted by molar-refractivity contribution is 0.119. The van der Waals surface area contributed by atoms with Gasteiger partial charge in [-0.25, -0.2) is 0 Å². The van der Waals surface area contributed by atoms with Crippen molar-refractivity contribution >= 4 is 11.9 Å². The molecule has 1 atom stereocenters. The topological polar surface area (TPSA) is 26.0 Å². The van der Waals surface area contributed by atoms with Gasteiger partial charge in [-0.05, 0) is 35.3 Å². The molecule has 1 rings (SSSR count). The highest BCUT2D eigenvalue weighted by molar-refractivity contribution is 8.01. The number of nitrogens with two attached hydrogens (primary N) is 1. The summed E-state index contributed by atoms with van der Waals surface area (Å²) in [6.07, 6.45) is 12.1. The lowest BCUT2D eigenvalue weighted by atomic mass is 9.60. The molecule has 0 bridgehead atoms. The third-order valence-electron chi connectivity index (χ3n) is 3.86. The average Bonchev–Trinajstić information content (AvgIpc) is 2.37. The first-order valence-electron chi connectivity index (χ1n) is 6.55. The second-order valence-corrected chi connectivity index (χ2v) is 7.99. The zero-order valence-electron chi connectivity index (χ0n) is 12.6. The van der Waals surface area contributed by atoms with Crippen LogP contribution in [0.5, 0.6) is 0 Å². The van der Waals surface area contributed by atoms with Crippen LogP contribution in [0, 0.1) is 16.2 Å². The summed E-state index contributed by atoms with van der Waals surface area (Å²) in [7, 11) is 0. The molecule has 0 heterocycles. The maximum atomic E-state index is 5.64. The zero-order valence-corrected chi connectivity index (χ0v) is 13.4. The van der Waals surface area contributed by atoms with Gasteiger partial charge < -0.3 is 0 Å². The van der Waals surface area contributed by atoms with Gasteiger partial charge in [0.2, 0.25) is 0 Å². The Hall–Kier alpha value is -0.470. The summed E-state index contributed by atoms with van der Waals surface area (Å²) in [4.78, 5) is 1.11. The van der Waals surface area contributed by atoms with Gasteiger partial charge in [0, 0.05) is 10.3 Å². The van der Waals surface area contributed by atoms with E-state index in [1.54, 1.807) is 0 Å². The summed E-state index contributed by atoms with van der Waals surface area (Å²) >= 11 is 1.31. The molecule has 0 spiro atoms. The molecule has 18 heavy (non-hydrogen) atoms. The van der Waals surface area contributed by atoms with E-state index in [0.29, 0.717) is 5.41 Å². The first-order valence-corrected chi connectivity index (χ1v) is 7.43. The fraction of sp³-hybridized carbons (Fsp3) is 0.625. The van der Waals surface area contributed by atoms with Crippen molar-refractivity contribution in [1.82, 2.24) is 0 Å². The van der Waals surface area contributed by atoms with Crippen molar-refractivity contribution in [1.29, 1.82) is 0 Å². The molecule has 0 aromatic heterocycles. The van der Waals surface area contributed by atoms with Gasteiger partial charge >= 0.3 is 0 Å². The van der Waals surface area contributed by atoms with Gasteiger partial charge in [0.1, 0.15) is 0 Å². The maximum absolute atomic E-state index is 5.64. The minimum absolute atomic E-state index is 0.0637. The molecule has 1 nitrogen and oxygen atoms in total. The molecule has 0 saturated carbocycles. The second kappa shape index (κ2) is 5.26. The molecule has 1 unspecified atom stereocenters. The maximum Gasteiger partial charge on any atom is 0.0222 e. The third-order valence-corrected chi connectivity index (χ3v) is 4.41. The van der Waals surface area contributed by atoms with E-state index in [4.69, 9.17) is 5.14 Å². The lowest BCUT2D eigenvalue weighted by Crippen LogP contribution is -2.35. The van der Waals surface area contributed by atoms with Crippen LogP contribution in [0.3, 0.4) is 0 Å². The third kappa shape index (κ3) is 3.76. The smallest absolute Gasteiger partial charge is 0.0222 e. The van der Waals surface area contributed by atoms with Crippen molar-refractivity contribution in [2.24, 2.45) is 21.4 Å². The van der Waals surface area contributed by atoms with Crippen LogP contribution in [-0.2, 0) is 0 Å². The van der Waals surface area contributed by atoms with Crippen LogP contribution in [0.2, 0.25) is 0 Å². The van der Waals surface area contributed by atoms with E-state index in [9.17, 15) is 0 Å². The fourth-order valence-corrected chi connectivity index (χ4v) is 3.06. The van der Waals surface area contributed by atoms with Crippen LogP contribution in [0.15, 0.2) is 35.3 Å². The molecule has 1 aliphatic rings. The Bertz CT molecular complexity index is 382.